The second-order valence-electron chi connectivity index (χ2n) is 17.0. The van der Waals surface area contributed by atoms with E-state index in [9.17, 15) is 0 Å². The fraction of sp³-hybridized carbons (Fsp3) is 0.133. The van der Waals surface area contributed by atoms with E-state index in [1.165, 1.54) is 21.5 Å². The second kappa shape index (κ2) is 17.3. The predicted molar refractivity (Wildman–Crippen MR) is 266 cm³/mol. The molecule has 0 atom stereocenters. The van der Waals surface area contributed by atoms with Crippen molar-refractivity contribution in [2.24, 2.45) is 0 Å². The first-order valence-electron chi connectivity index (χ1n) is 22.1. The third-order valence-corrected chi connectivity index (χ3v) is 11.9. The average Bonchev–Trinajstić information content (AvgIpc) is 3.31. The lowest BCUT2D eigenvalue weighted by atomic mass is 9.88. The molecule has 0 fully saturated rings. The first-order valence-corrected chi connectivity index (χ1v) is 22.1. The van der Waals surface area contributed by atoms with Crippen molar-refractivity contribution < 1.29 is 18.9 Å². The molecule has 0 amide bonds. The van der Waals surface area contributed by atoms with E-state index in [1.807, 2.05) is 56.3 Å². The first-order chi connectivity index (χ1) is 31.3. The van der Waals surface area contributed by atoms with Gasteiger partial charge in [-0.3, -0.25) is 0 Å². The number of rotatable bonds is 13. The van der Waals surface area contributed by atoms with Gasteiger partial charge in [-0.2, -0.15) is 0 Å². The summed E-state index contributed by atoms with van der Waals surface area (Å²) in [4.78, 5) is 0. The molecule has 0 spiro atoms. The molecule has 0 aliphatic heterocycles. The number of fused-ring (bicyclic) bond motifs is 4. The van der Waals surface area contributed by atoms with Crippen LogP contribution in [-0.2, 0) is 0 Å². The summed E-state index contributed by atoms with van der Waals surface area (Å²) in [6, 6.07) is 68.1. The van der Waals surface area contributed by atoms with Crippen molar-refractivity contribution >= 4 is 43.1 Å². The summed E-state index contributed by atoms with van der Waals surface area (Å²) >= 11 is 0. The highest BCUT2D eigenvalue weighted by Gasteiger charge is 2.30. The van der Waals surface area contributed by atoms with E-state index in [2.05, 4.69) is 166 Å². The molecule has 10 rings (SSSR count). The summed E-state index contributed by atoms with van der Waals surface area (Å²) in [5.74, 6) is 1.92. The Morgan fingerprint density at radius 1 is 0.375 bits per heavy atom. The fourth-order valence-electron chi connectivity index (χ4n) is 9.10. The van der Waals surface area contributed by atoms with Gasteiger partial charge in [0.25, 0.3) is 0 Å². The van der Waals surface area contributed by atoms with Crippen LogP contribution in [0.15, 0.2) is 194 Å². The van der Waals surface area contributed by atoms with Gasteiger partial charge in [-0.05, 0) is 117 Å². The van der Waals surface area contributed by atoms with Crippen molar-refractivity contribution in [3.63, 3.8) is 0 Å². The SMILES string of the molecule is Cc1ccc(OC(C)(C)Oc2c(-c3ccccc3OCCCOc3ccccc3)cc(C)cc2-c2c3ccccc3cc3ccccc23)c(-c2c3ccccc3cc3ccccc23)c1. The second-order valence-corrected chi connectivity index (χ2v) is 17.0. The Hall–Kier alpha value is -7.56. The van der Waals surface area contributed by atoms with Gasteiger partial charge in [0, 0.05) is 53.6 Å². The van der Waals surface area contributed by atoms with Crippen LogP contribution in [0.2, 0.25) is 0 Å². The summed E-state index contributed by atoms with van der Waals surface area (Å²) < 4.78 is 27.3. The molecule has 0 aromatic heterocycles. The maximum absolute atomic E-state index is 7.48. The zero-order chi connectivity index (χ0) is 43.6. The van der Waals surface area contributed by atoms with Gasteiger partial charge in [0.1, 0.15) is 23.0 Å². The van der Waals surface area contributed by atoms with Gasteiger partial charge in [0.2, 0.25) is 5.79 Å². The monoisotopic (exact) mass is 834 g/mol. The van der Waals surface area contributed by atoms with Gasteiger partial charge in [-0.1, -0.05) is 145 Å². The van der Waals surface area contributed by atoms with Crippen LogP contribution in [0.4, 0.5) is 0 Å². The van der Waals surface area contributed by atoms with E-state index in [-0.39, 0.29) is 0 Å². The molecule has 0 heterocycles. The molecule has 0 unspecified atom stereocenters. The molecule has 314 valence electrons. The van der Waals surface area contributed by atoms with E-state index in [1.54, 1.807) is 0 Å². The van der Waals surface area contributed by atoms with Gasteiger partial charge in [-0.25, -0.2) is 0 Å². The Labute approximate surface area is 375 Å². The number of aryl methyl sites for hydroxylation is 2. The zero-order valence-electron chi connectivity index (χ0n) is 36.7. The first kappa shape index (κ1) is 40.5. The fourth-order valence-corrected chi connectivity index (χ4v) is 9.10. The van der Waals surface area contributed by atoms with Crippen LogP contribution < -0.4 is 18.9 Å². The van der Waals surface area contributed by atoms with E-state index >= 15 is 0 Å². The molecule has 64 heavy (non-hydrogen) atoms. The smallest absolute Gasteiger partial charge is 0.245 e. The molecule has 0 saturated heterocycles. The van der Waals surface area contributed by atoms with Crippen LogP contribution in [0.25, 0.3) is 76.5 Å². The molecule has 4 heteroatoms. The Balaban J connectivity index is 1.11. The molecular weight excluding hydrogens is 785 g/mol. The number of hydrogen-bond acceptors (Lipinski definition) is 4. The molecule has 10 aromatic carbocycles. The highest BCUT2D eigenvalue weighted by molar-refractivity contribution is 6.15. The van der Waals surface area contributed by atoms with Gasteiger partial charge in [0.05, 0.1) is 13.2 Å². The number of para-hydroxylation sites is 2. The van der Waals surface area contributed by atoms with E-state index in [4.69, 9.17) is 18.9 Å². The van der Waals surface area contributed by atoms with Crippen LogP contribution in [0.3, 0.4) is 0 Å². The molecular formula is C60H50O4. The van der Waals surface area contributed by atoms with Crippen molar-refractivity contribution in [2.45, 2.75) is 39.9 Å². The lowest BCUT2D eigenvalue weighted by Gasteiger charge is -2.32. The molecule has 0 radical (unpaired) electrons. The van der Waals surface area contributed by atoms with Crippen LogP contribution >= 0.6 is 0 Å². The molecule has 0 aliphatic carbocycles. The molecule has 0 N–H and O–H groups in total. The van der Waals surface area contributed by atoms with Gasteiger partial charge in [-0.15, -0.1) is 0 Å². The maximum Gasteiger partial charge on any atom is 0.245 e. The van der Waals surface area contributed by atoms with Crippen molar-refractivity contribution in [1.29, 1.82) is 0 Å². The number of ether oxygens (including phenoxy) is 4. The molecule has 10 aromatic rings. The standard InChI is InChI=1S/C60H50O4/c1-40-31-32-56(53(35-40)57-47-25-12-8-19-42(47)38-43-20-9-13-26-48(43)57)63-60(3,4)64-59-52(51-29-16-17-30-55(51)62-34-18-33-61-46-23-6-5-7-24-46)36-41(2)37-54(59)58-49-27-14-10-21-44(49)39-45-22-11-15-28-50(45)58/h5-17,19-32,35-39H,18,33-34H2,1-4H3. The topological polar surface area (TPSA) is 36.9 Å². The van der Waals surface area contributed by atoms with Gasteiger partial charge >= 0.3 is 0 Å². The number of hydrogen-bond donors (Lipinski definition) is 0. The minimum atomic E-state index is -1.16. The summed E-state index contributed by atoms with van der Waals surface area (Å²) in [5.41, 5.74) is 8.35. The summed E-state index contributed by atoms with van der Waals surface area (Å²) in [6.07, 6.45) is 0.722. The van der Waals surface area contributed by atoms with E-state index in [0.29, 0.717) is 19.0 Å². The normalized spacial score (nSPS) is 11.6. The third-order valence-electron chi connectivity index (χ3n) is 11.9. The molecule has 0 aliphatic rings. The maximum atomic E-state index is 7.48. The lowest BCUT2D eigenvalue weighted by Crippen LogP contribution is -2.36. The van der Waals surface area contributed by atoms with E-state index < -0.39 is 5.79 Å². The Morgan fingerprint density at radius 3 is 1.47 bits per heavy atom. The Bertz CT molecular complexity index is 3200. The predicted octanol–water partition coefficient (Wildman–Crippen LogP) is 16.0. The summed E-state index contributed by atoms with van der Waals surface area (Å²) in [7, 11) is 0. The van der Waals surface area contributed by atoms with Crippen molar-refractivity contribution in [3.05, 3.63) is 205 Å². The van der Waals surface area contributed by atoms with Gasteiger partial charge < -0.3 is 18.9 Å². The van der Waals surface area contributed by atoms with Crippen LogP contribution in [0.1, 0.15) is 31.4 Å². The van der Waals surface area contributed by atoms with Gasteiger partial charge in [0.15, 0.2) is 0 Å². The number of benzene rings is 10. The summed E-state index contributed by atoms with van der Waals surface area (Å²) in [5, 5.41) is 9.32. The zero-order valence-corrected chi connectivity index (χ0v) is 36.7. The van der Waals surface area contributed by atoms with Crippen LogP contribution in [0, 0.1) is 13.8 Å². The minimum absolute atomic E-state index is 0.486. The minimum Gasteiger partial charge on any atom is -0.493 e. The van der Waals surface area contributed by atoms with Crippen molar-refractivity contribution in [1.82, 2.24) is 0 Å². The highest BCUT2D eigenvalue weighted by Crippen LogP contribution is 2.49. The lowest BCUT2D eigenvalue weighted by molar-refractivity contribution is -0.0798. The quantitative estimate of drug-likeness (QED) is 0.0659. The Morgan fingerprint density at radius 2 is 0.859 bits per heavy atom. The van der Waals surface area contributed by atoms with E-state index in [0.717, 1.165) is 89.7 Å². The average molecular weight is 835 g/mol. The summed E-state index contributed by atoms with van der Waals surface area (Å²) in [6.45, 7) is 9.36. The van der Waals surface area contributed by atoms with Crippen LogP contribution in [0.5, 0.6) is 23.0 Å². The largest absolute Gasteiger partial charge is 0.493 e. The molecule has 4 nitrogen and oxygen atoms in total. The molecule has 0 bridgehead atoms. The third kappa shape index (κ3) is 8.11. The van der Waals surface area contributed by atoms with Crippen molar-refractivity contribution in [3.8, 4) is 56.4 Å². The van der Waals surface area contributed by atoms with Crippen LogP contribution in [-0.4, -0.2) is 19.0 Å². The molecule has 0 saturated carbocycles. The highest BCUT2D eigenvalue weighted by atomic mass is 16.7. The Kier molecular flexibility index (Phi) is 11.0. The van der Waals surface area contributed by atoms with Crippen molar-refractivity contribution in [2.75, 3.05) is 13.2 Å².